The molecule has 0 unspecified atom stereocenters. The van der Waals surface area contributed by atoms with E-state index in [1.807, 2.05) is 22.9 Å². The average Bonchev–Trinajstić information content (AvgIpc) is 3.11. The van der Waals surface area contributed by atoms with Gasteiger partial charge in [0.2, 0.25) is 5.78 Å². The quantitative estimate of drug-likeness (QED) is 0.699. The van der Waals surface area contributed by atoms with E-state index < -0.39 is 0 Å². The minimum absolute atomic E-state index is 0.502. The molecule has 0 radical (unpaired) electrons. The Morgan fingerprint density at radius 2 is 1.85 bits per heavy atom. The van der Waals surface area contributed by atoms with Gasteiger partial charge in [0.15, 0.2) is 0 Å². The Morgan fingerprint density at radius 3 is 2.58 bits per heavy atom. The molecule has 1 aliphatic rings. The highest BCUT2D eigenvalue weighted by atomic mass is 35.5. The van der Waals surface area contributed by atoms with E-state index in [4.69, 9.17) is 25.8 Å². The summed E-state index contributed by atoms with van der Waals surface area (Å²) in [6, 6.07) is 5.54. The van der Waals surface area contributed by atoms with Gasteiger partial charge in [0.25, 0.3) is 0 Å². The zero-order valence-electron chi connectivity index (χ0n) is 14.6. The Labute approximate surface area is 156 Å². The minimum Gasteiger partial charge on any atom is -0.496 e. The number of ether oxygens (including phenoxy) is 3. The molecule has 0 N–H and O–H groups in total. The van der Waals surface area contributed by atoms with Crippen molar-refractivity contribution in [2.24, 2.45) is 0 Å². The van der Waals surface area contributed by atoms with Gasteiger partial charge in [-0.25, -0.2) is 4.98 Å². The fourth-order valence-electron chi connectivity index (χ4n) is 3.02. The number of anilines is 1. The van der Waals surface area contributed by atoms with Gasteiger partial charge in [-0.3, -0.25) is 4.40 Å². The normalized spacial score (nSPS) is 14.7. The molecule has 0 amide bonds. The first-order valence-electron chi connectivity index (χ1n) is 8.30. The lowest BCUT2D eigenvalue weighted by Gasteiger charge is -2.27. The molecule has 3 heterocycles. The van der Waals surface area contributed by atoms with Crippen LogP contribution >= 0.6 is 11.6 Å². The Morgan fingerprint density at radius 1 is 1.08 bits per heavy atom. The van der Waals surface area contributed by atoms with Crippen molar-refractivity contribution in [1.82, 2.24) is 14.4 Å². The standard InChI is InChI=1S/C18H19ClN4O3/c1-24-15-10-16(25-2)13(19)9-12(15)14-11-23-4-3-17(21-18(23)20-14)22-5-7-26-8-6-22/h3-4,9-11H,5-8H2,1-2H3. The second-order valence-electron chi connectivity index (χ2n) is 5.91. The van der Waals surface area contributed by atoms with Gasteiger partial charge in [0, 0.05) is 37.1 Å². The number of morpholine rings is 1. The molecule has 7 nitrogen and oxygen atoms in total. The zero-order chi connectivity index (χ0) is 18.1. The lowest BCUT2D eigenvalue weighted by molar-refractivity contribution is 0.122. The topological polar surface area (TPSA) is 61.1 Å². The van der Waals surface area contributed by atoms with Crippen LogP contribution in [-0.2, 0) is 4.74 Å². The van der Waals surface area contributed by atoms with Crippen molar-refractivity contribution in [2.45, 2.75) is 0 Å². The molecule has 1 saturated heterocycles. The molecule has 1 aliphatic heterocycles. The highest BCUT2D eigenvalue weighted by Crippen LogP contribution is 2.38. The molecular formula is C18H19ClN4O3. The first-order valence-corrected chi connectivity index (χ1v) is 8.67. The monoisotopic (exact) mass is 374 g/mol. The number of rotatable bonds is 4. The summed E-state index contributed by atoms with van der Waals surface area (Å²) in [5.41, 5.74) is 1.52. The van der Waals surface area contributed by atoms with E-state index in [0.29, 0.717) is 35.5 Å². The molecule has 3 aromatic rings. The molecule has 4 rings (SSSR count). The molecule has 8 heteroatoms. The molecule has 26 heavy (non-hydrogen) atoms. The lowest BCUT2D eigenvalue weighted by Crippen LogP contribution is -2.36. The summed E-state index contributed by atoms with van der Waals surface area (Å²) in [5.74, 6) is 2.72. The molecule has 0 saturated carbocycles. The number of benzene rings is 1. The summed E-state index contributed by atoms with van der Waals surface area (Å²) in [4.78, 5) is 11.5. The number of fused-ring (bicyclic) bond motifs is 1. The molecule has 1 aromatic carbocycles. The second-order valence-corrected chi connectivity index (χ2v) is 6.31. The largest absolute Gasteiger partial charge is 0.496 e. The third-order valence-corrected chi connectivity index (χ3v) is 4.69. The summed E-state index contributed by atoms with van der Waals surface area (Å²) < 4.78 is 18.0. The smallest absolute Gasteiger partial charge is 0.236 e. The summed E-state index contributed by atoms with van der Waals surface area (Å²) in [5, 5.41) is 0.502. The van der Waals surface area contributed by atoms with Gasteiger partial charge >= 0.3 is 0 Å². The Kier molecular flexibility index (Phi) is 4.57. The van der Waals surface area contributed by atoms with E-state index in [-0.39, 0.29) is 0 Å². The van der Waals surface area contributed by atoms with Crippen LogP contribution < -0.4 is 14.4 Å². The minimum atomic E-state index is 0.502. The van der Waals surface area contributed by atoms with E-state index >= 15 is 0 Å². The number of halogens is 1. The highest BCUT2D eigenvalue weighted by molar-refractivity contribution is 6.32. The molecule has 1 fully saturated rings. The van der Waals surface area contributed by atoms with Crippen molar-refractivity contribution >= 4 is 23.2 Å². The maximum Gasteiger partial charge on any atom is 0.236 e. The van der Waals surface area contributed by atoms with Crippen LogP contribution in [0.4, 0.5) is 5.82 Å². The number of aromatic nitrogens is 3. The van der Waals surface area contributed by atoms with Gasteiger partial charge in [-0.05, 0) is 12.1 Å². The fourth-order valence-corrected chi connectivity index (χ4v) is 3.26. The zero-order valence-corrected chi connectivity index (χ0v) is 15.4. The molecular weight excluding hydrogens is 356 g/mol. The van der Waals surface area contributed by atoms with Crippen molar-refractivity contribution in [3.8, 4) is 22.8 Å². The number of hydrogen-bond acceptors (Lipinski definition) is 6. The molecule has 0 spiro atoms. The Hall–Kier alpha value is -2.51. The first kappa shape index (κ1) is 16.9. The summed E-state index contributed by atoms with van der Waals surface area (Å²) in [7, 11) is 3.18. The van der Waals surface area contributed by atoms with E-state index in [1.165, 1.54) is 0 Å². The van der Waals surface area contributed by atoms with Crippen LogP contribution in [0, 0.1) is 0 Å². The third-order valence-electron chi connectivity index (χ3n) is 4.40. The molecule has 0 aliphatic carbocycles. The molecule has 2 aromatic heterocycles. The maximum absolute atomic E-state index is 6.28. The number of hydrogen-bond donors (Lipinski definition) is 0. The van der Waals surface area contributed by atoms with Gasteiger partial charge in [-0.1, -0.05) is 11.6 Å². The highest BCUT2D eigenvalue weighted by Gasteiger charge is 2.17. The Bertz CT molecular complexity index is 938. The van der Waals surface area contributed by atoms with E-state index in [2.05, 4.69) is 14.9 Å². The first-order chi connectivity index (χ1) is 12.7. The van der Waals surface area contributed by atoms with Crippen molar-refractivity contribution in [3.05, 3.63) is 35.6 Å². The van der Waals surface area contributed by atoms with Crippen LogP contribution in [0.5, 0.6) is 11.5 Å². The lowest BCUT2D eigenvalue weighted by atomic mass is 10.1. The SMILES string of the molecule is COc1cc(OC)c(-c2cn3ccc(N4CCOCC4)nc3n2)cc1Cl. The van der Waals surface area contributed by atoms with E-state index in [1.54, 1.807) is 26.4 Å². The summed E-state index contributed by atoms with van der Waals surface area (Å²) in [6.45, 7) is 3.10. The van der Waals surface area contributed by atoms with Crippen molar-refractivity contribution in [3.63, 3.8) is 0 Å². The van der Waals surface area contributed by atoms with Crippen LogP contribution in [0.2, 0.25) is 5.02 Å². The van der Waals surface area contributed by atoms with Gasteiger partial charge in [-0.2, -0.15) is 4.98 Å². The number of nitrogens with zero attached hydrogens (tertiary/aromatic N) is 4. The van der Waals surface area contributed by atoms with Crippen molar-refractivity contribution < 1.29 is 14.2 Å². The molecule has 0 bridgehead atoms. The van der Waals surface area contributed by atoms with Crippen molar-refractivity contribution in [2.75, 3.05) is 45.4 Å². The van der Waals surface area contributed by atoms with Crippen molar-refractivity contribution in [1.29, 1.82) is 0 Å². The molecule has 136 valence electrons. The van der Waals surface area contributed by atoms with Crippen LogP contribution in [0.25, 0.3) is 17.0 Å². The third kappa shape index (κ3) is 3.04. The van der Waals surface area contributed by atoms with Crippen LogP contribution in [0.1, 0.15) is 0 Å². The van der Waals surface area contributed by atoms with E-state index in [0.717, 1.165) is 30.2 Å². The molecule has 0 atom stereocenters. The van der Waals surface area contributed by atoms with Gasteiger partial charge in [-0.15, -0.1) is 0 Å². The average molecular weight is 375 g/mol. The number of methoxy groups -OCH3 is 2. The maximum atomic E-state index is 6.28. The Balaban J connectivity index is 1.74. The fraction of sp³-hybridized carbons (Fsp3) is 0.333. The second kappa shape index (κ2) is 7.01. The van der Waals surface area contributed by atoms with Gasteiger partial charge < -0.3 is 19.1 Å². The van der Waals surface area contributed by atoms with Crippen LogP contribution in [-0.4, -0.2) is 54.9 Å². The van der Waals surface area contributed by atoms with E-state index in [9.17, 15) is 0 Å². The predicted molar refractivity (Wildman–Crippen MR) is 99.6 cm³/mol. The summed E-state index contributed by atoms with van der Waals surface area (Å²) in [6.07, 6.45) is 3.87. The van der Waals surface area contributed by atoms with Crippen LogP contribution in [0.3, 0.4) is 0 Å². The summed E-state index contributed by atoms with van der Waals surface area (Å²) >= 11 is 6.28. The van der Waals surface area contributed by atoms with Gasteiger partial charge in [0.1, 0.15) is 17.3 Å². The number of imidazole rings is 1. The van der Waals surface area contributed by atoms with Gasteiger partial charge in [0.05, 0.1) is 38.1 Å². The van der Waals surface area contributed by atoms with Crippen LogP contribution in [0.15, 0.2) is 30.6 Å². The predicted octanol–water partition coefficient (Wildman–Crippen LogP) is 2.90.